The molecule has 2 aliphatic rings. The van der Waals surface area contributed by atoms with Crippen LogP contribution in [-0.2, 0) is 4.79 Å². The van der Waals surface area contributed by atoms with Crippen molar-refractivity contribution in [1.82, 2.24) is 9.78 Å². The van der Waals surface area contributed by atoms with Crippen molar-refractivity contribution in [3.63, 3.8) is 0 Å². The zero-order valence-electron chi connectivity index (χ0n) is 16.5. The Balaban J connectivity index is 1.72. The number of nitrogens with zero attached hydrogens (tertiary/aromatic N) is 3. The van der Waals surface area contributed by atoms with E-state index in [2.05, 4.69) is 5.32 Å². The van der Waals surface area contributed by atoms with Crippen LogP contribution in [0.15, 0.2) is 65.9 Å². The number of anilines is 1. The van der Waals surface area contributed by atoms with Crippen LogP contribution in [0.1, 0.15) is 42.0 Å². The van der Waals surface area contributed by atoms with Crippen LogP contribution < -0.4 is 5.32 Å². The van der Waals surface area contributed by atoms with E-state index in [9.17, 15) is 14.9 Å². The van der Waals surface area contributed by atoms with E-state index in [1.165, 1.54) is 12.1 Å². The van der Waals surface area contributed by atoms with Crippen LogP contribution in [-0.4, -0.2) is 20.5 Å². The molecule has 1 N–H and O–H groups in total. The number of nitrogens with one attached hydrogen (secondary N) is 1. The number of benzene rings is 2. The number of hydrogen-bond acceptors (Lipinski definition) is 5. The lowest BCUT2D eigenvalue weighted by atomic mass is 9.76. The number of hydrogen-bond donors (Lipinski definition) is 1. The fourth-order valence-electron chi connectivity index (χ4n) is 4.50. The number of carbonyl (C=O) groups is 1. The number of non-ortho nitro benzene ring substituents is 1. The third-order valence-electron chi connectivity index (χ3n) is 5.85. The lowest BCUT2D eigenvalue weighted by molar-refractivity contribution is -0.384. The number of aryl methyl sites for hydroxylation is 1. The Morgan fingerprint density at radius 2 is 1.83 bits per heavy atom. The van der Waals surface area contributed by atoms with Crippen LogP contribution >= 0.6 is 0 Å². The number of allylic oxidation sites excluding steroid dienone is 2. The van der Waals surface area contributed by atoms with Crippen molar-refractivity contribution >= 4 is 17.3 Å². The topological polar surface area (TPSA) is 90.1 Å². The first-order chi connectivity index (χ1) is 14.5. The van der Waals surface area contributed by atoms with E-state index in [4.69, 9.17) is 5.10 Å². The molecule has 3 aromatic rings. The molecule has 1 atom stereocenters. The Hall–Kier alpha value is -3.74. The lowest BCUT2D eigenvalue weighted by Crippen LogP contribution is -2.27. The molecule has 2 aromatic carbocycles. The molecular weight excluding hydrogens is 380 g/mol. The van der Waals surface area contributed by atoms with E-state index < -0.39 is 4.92 Å². The van der Waals surface area contributed by atoms with E-state index in [1.54, 1.807) is 12.1 Å². The molecule has 0 unspecified atom stereocenters. The van der Waals surface area contributed by atoms with Gasteiger partial charge in [-0.15, -0.1) is 0 Å². The first-order valence-corrected chi connectivity index (χ1v) is 9.97. The van der Waals surface area contributed by atoms with Crippen LogP contribution in [0, 0.1) is 17.0 Å². The Morgan fingerprint density at radius 3 is 2.53 bits per heavy atom. The second-order valence-corrected chi connectivity index (χ2v) is 7.67. The van der Waals surface area contributed by atoms with Gasteiger partial charge in [0.05, 0.1) is 16.3 Å². The van der Waals surface area contributed by atoms with Gasteiger partial charge >= 0.3 is 0 Å². The van der Waals surface area contributed by atoms with E-state index in [1.807, 2.05) is 41.9 Å². The average molecular weight is 400 g/mol. The number of ketones is 1. The quantitative estimate of drug-likeness (QED) is 0.510. The molecule has 7 heteroatoms. The maximum Gasteiger partial charge on any atom is 0.269 e. The van der Waals surface area contributed by atoms with E-state index in [-0.39, 0.29) is 17.4 Å². The number of rotatable bonds is 3. The van der Waals surface area contributed by atoms with E-state index >= 15 is 0 Å². The molecule has 0 saturated heterocycles. The minimum atomic E-state index is -0.410. The molecular formula is C23H20N4O3. The van der Waals surface area contributed by atoms with Gasteiger partial charge in [-0.3, -0.25) is 14.9 Å². The normalized spacial score (nSPS) is 17.9. The second kappa shape index (κ2) is 6.95. The number of nitro benzene ring substituents is 1. The minimum Gasteiger partial charge on any atom is -0.343 e. The zero-order chi connectivity index (χ0) is 20.8. The Kier molecular flexibility index (Phi) is 4.24. The summed E-state index contributed by atoms with van der Waals surface area (Å²) in [5.41, 5.74) is 5.30. The van der Waals surface area contributed by atoms with Crippen LogP contribution in [0.4, 0.5) is 11.5 Å². The highest BCUT2D eigenvalue weighted by Crippen LogP contribution is 2.47. The largest absolute Gasteiger partial charge is 0.343 e. The Labute approximate surface area is 173 Å². The highest BCUT2D eigenvalue weighted by Gasteiger charge is 2.38. The molecule has 7 nitrogen and oxygen atoms in total. The third-order valence-corrected chi connectivity index (χ3v) is 5.85. The van der Waals surface area contributed by atoms with Crippen molar-refractivity contribution in [3.05, 3.63) is 92.8 Å². The first kappa shape index (κ1) is 18.3. The van der Waals surface area contributed by atoms with Gasteiger partial charge in [-0.1, -0.05) is 30.3 Å². The van der Waals surface area contributed by atoms with Crippen molar-refractivity contribution < 1.29 is 9.72 Å². The molecule has 30 heavy (non-hydrogen) atoms. The fourth-order valence-corrected chi connectivity index (χ4v) is 4.50. The van der Waals surface area contributed by atoms with Crippen LogP contribution in [0.5, 0.6) is 0 Å². The Bertz CT molecular complexity index is 1190. The number of para-hydroxylation sites is 1. The summed E-state index contributed by atoms with van der Waals surface area (Å²) >= 11 is 0. The molecule has 1 aromatic heterocycles. The number of Topliss-reactive ketones (excluding diaryl/α,β-unsaturated/α-hetero) is 1. The third kappa shape index (κ3) is 2.82. The molecule has 150 valence electrons. The molecule has 0 radical (unpaired) electrons. The second-order valence-electron chi connectivity index (χ2n) is 7.67. The van der Waals surface area contributed by atoms with Gasteiger partial charge in [0.1, 0.15) is 5.82 Å². The summed E-state index contributed by atoms with van der Waals surface area (Å²) in [5.74, 6) is 0.697. The molecule has 0 fully saturated rings. The van der Waals surface area contributed by atoms with Gasteiger partial charge in [0, 0.05) is 41.3 Å². The van der Waals surface area contributed by atoms with Gasteiger partial charge in [0.2, 0.25) is 0 Å². The van der Waals surface area contributed by atoms with Crippen LogP contribution in [0.3, 0.4) is 0 Å². The summed E-state index contributed by atoms with van der Waals surface area (Å²) in [4.78, 5) is 23.6. The van der Waals surface area contributed by atoms with Crippen molar-refractivity contribution in [2.75, 3.05) is 5.32 Å². The Morgan fingerprint density at radius 1 is 1.10 bits per heavy atom. The average Bonchev–Trinajstić information content (AvgIpc) is 3.09. The number of carbonyl (C=O) groups excluding carboxylic acids is 1. The summed E-state index contributed by atoms with van der Waals surface area (Å²) in [6.45, 7) is 1.94. The fraction of sp³-hybridized carbons (Fsp3) is 0.217. The molecule has 0 saturated carbocycles. The summed E-state index contributed by atoms with van der Waals surface area (Å²) in [6, 6.07) is 16.4. The van der Waals surface area contributed by atoms with Crippen molar-refractivity contribution in [2.24, 2.45) is 0 Å². The summed E-state index contributed by atoms with van der Waals surface area (Å²) in [6.07, 6.45) is 2.12. The minimum absolute atomic E-state index is 0.0359. The molecule has 2 heterocycles. The predicted octanol–water partition coefficient (Wildman–Crippen LogP) is 4.65. The molecule has 1 aliphatic carbocycles. The predicted molar refractivity (Wildman–Crippen MR) is 113 cm³/mol. The van der Waals surface area contributed by atoms with Crippen LogP contribution in [0.2, 0.25) is 0 Å². The molecule has 0 spiro atoms. The number of fused-ring (bicyclic) bond motifs is 1. The van der Waals surface area contributed by atoms with Crippen molar-refractivity contribution in [2.45, 2.75) is 32.1 Å². The smallest absolute Gasteiger partial charge is 0.269 e. The van der Waals surface area contributed by atoms with Crippen molar-refractivity contribution in [1.29, 1.82) is 0 Å². The maximum absolute atomic E-state index is 13.0. The molecule has 0 bridgehead atoms. The highest BCUT2D eigenvalue weighted by atomic mass is 16.6. The van der Waals surface area contributed by atoms with Gasteiger partial charge < -0.3 is 5.32 Å². The van der Waals surface area contributed by atoms with Gasteiger partial charge in [-0.05, 0) is 37.5 Å². The summed E-state index contributed by atoms with van der Waals surface area (Å²) in [5, 5.41) is 19.4. The molecule has 5 rings (SSSR count). The summed E-state index contributed by atoms with van der Waals surface area (Å²) < 4.78 is 1.88. The maximum atomic E-state index is 13.0. The molecule has 0 amide bonds. The van der Waals surface area contributed by atoms with Gasteiger partial charge in [0.25, 0.3) is 5.69 Å². The SMILES string of the molecule is Cc1nn(-c2ccccc2)c2c1[C@H](c1ccc([N+](=O)[O-])cc1)C1=C(CCCC1=O)N2. The van der Waals surface area contributed by atoms with Gasteiger partial charge in [-0.2, -0.15) is 5.10 Å². The van der Waals surface area contributed by atoms with E-state index in [0.29, 0.717) is 6.42 Å². The van der Waals surface area contributed by atoms with Crippen molar-refractivity contribution in [3.8, 4) is 5.69 Å². The number of aromatic nitrogens is 2. The molecule has 1 aliphatic heterocycles. The zero-order valence-corrected chi connectivity index (χ0v) is 16.5. The van der Waals surface area contributed by atoms with Crippen LogP contribution in [0.25, 0.3) is 5.69 Å². The lowest BCUT2D eigenvalue weighted by Gasteiger charge is -2.33. The van der Waals surface area contributed by atoms with E-state index in [0.717, 1.165) is 52.4 Å². The van der Waals surface area contributed by atoms with Gasteiger partial charge in [-0.25, -0.2) is 4.68 Å². The highest BCUT2D eigenvalue weighted by molar-refractivity contribution is 6.01. The first-order valence-electron chi connectivity index (χ1n) is 9.97. The van der Waals surface area contributed by atoms with Gasteiger partial charge in [0.15, 0.2) is 5.78 Å². The monoisotopic (exact) mass is 400 g/mol. The number of nitro groups is 1. The standard InChI is InChI=1S/C23H20N4O3/c1-14-20-21(15-10-12-17(13-11-15)27(29)30)22-18(8-5-9-19(22)28)24-23(20)26(25-14)16-6-3-2-4-7-16/h2-4,6-7,10-13,21,24H,5,8-9H2,1H3/t21-/m0/s1. The summed E-state index contributed by atoms with van der Waals surface area (Å²) in [7, 11) is 0.